The molecule has 1 aliphatic rings. The molecule has 0 aromatic heterocycles. The van der Waals surface area contributed by atoms with Gasteiger partial charge in [-0.3, -0.25) is 4.79 Å². The van der Waals surface area contributed by atoms with Crippen molar-refractivity contribution in [3.8, 4) is 23.5 Å². The van der Waals surface area contributed by atoms with Gasteiger partial charge in [0, 0.05) is 5.56 Å². The summed E-state index contributed by atoms with van der Waals surface area (Å²) in [6, 6.07) is 14.0. The lowest BCUT2D eigenvalue weighted by Gasteiger charge is -2.13. The molecule has 0 radical (unpaired) electrons. The summed E-state index contributed by atoms with van der Waals surface area (Å²) >= 11 is 6.76. The lowest BCUT2D eigenvalue weighted by Crippen LogP contribution is -2.11. The first-order valence-corrected chi connectivity index (χ1v) is 10.7. The Bertz CT molecular complexity index is 961. The van der Waals surface area contributed by atoms with Crippen LogP contribution in [-0.2, 0) is 16.1 Å². The van der Waals surface area contributed by atoms with E-state index in [0.29, 0.717) is 0 Å². The standard InChI is InChI=1S/C24H22Br2O2/c1-5-16-9-11-17(12-10-16)19-8-6-7-18(15(19)2)14-28-23(27)22-20(13-21(25)26)24(22,3)4/h1,6-13,20,22H,14H2,2-4H3/t20-,22-/m0/s1. The molecule has 2 aromatic rings. The quantitative estimate of drug-likeness (QED) is 0.341. The van der Waals surface area contributed by atoms with Crippen molar-refractivity contribution in [3.63, 3.8) is 0 Å². The molecule has 0 saturated heterocycles. The van der Waals surface area contributed by atoms with Crippen molar-refractivity contribution < 1.29 is 9.53 Å². The number of hydrogen-bond donors (Lipinski definition) is 0. The van der Waals surface area contributed by atoms with Gasteiger partial charge in [-0.1, -0.05) is 56.2 Å². The summed E-state index contributed by atoms with van der Waals surface area (Å²) in [5.74, 6) is 2.56. The van der Waals surface area contributed by atoms with Crippen LogP contribution in [0.1, 0.15) is 30.5 Å². The van der Waals surface area contributed by atoms with E-state index >= 15 is 0 Å². The Kier molecular flexibility index (Phi) is 6.17. The van der Waals surface area contributed by atoms with Crippen LogP contribution in [0.2, 0.25) is 0 Å². The summed E-state index contributed by atoms with van der Waals surface area (Å²) in [5.41, 5.74) is 5.11. The molecule has 0 N–H and O–H groups in total. The normalized spacial score (nSPS) is 19.4. The smallest absolute Gasteiger partial charge is 0.310 e. The average molecular weight is 502 g/mol. The first-order valence-electron chi connectivity index (χ1n) is 9.10. The largest absolute Gasteiger partial charge is 0.461 e. The highest BCUT2D eigenvalue weighted by Crippen LogP contribution is 2.60. The Hall–Kier alpha value is -1.83. The molecular formula is C24H22Br2O2. The lowest BCUT2D eigenvalue weighted by molar-refractivity contribution is -0.147. The van der Waals surface area contributed by atoms with E-state index in [-0.39, 0.29) is 29.8 Å². The molecule has 144 valence electrons. The molecule has 0 amide bonds. The summed E-state index contributed by atoms with van der Waals surface area (Å²) in [4.78, 5) is 12.6. The molecule has 4 heteroatoms. The molecular weight excluding hydrogens is 480 g/mol. The fourth-order valence-electron chi connectivity index (χ4n) is 3.71. The molecule has 3 rings (SSSR count). The van der Waals surface area contributed by atoms with E-state index in [2.05, 4.69) is 64.6 Å². The maximum absolute atomic E-state index is 12.6. The number of ether oxygens (including phenoxy) is 1. The van der Waals surface area contributed by atoms with Crippen molar-refractivity contribution in [1.29, 1.82) is 0 Å². The third kappa shape index (κ3) is 4.26. The minimum atomic E-state index is -0.143. The minimum absolute atomic E-state index is 0.0838. The van der Waals surface area contributed by atoms with E-state index in [1.807, 2.05) is 42.5 Å². The van der Waals surface area contributed by atoms with Gasteiger partial charge in [-0.05, 0) is 84.5 Å². The topological polar surface area (TPSA) is 26.3 Å². The van der Waals surface area contributed by atoms with Crippen LogP contribution >= 0.6 is 31.9 Å². The summed E-state index contributed by atoms with van der Waals surface area (Å²) in [6.45, 7) is 6.52. The van der Waals surface area contributed by atoms with Crippen LogP contribution in [0.5, 0.6) is 0 Å². The van der Waals surface area contributed by atoms with Crippen molar-refractivity contribution in [3.05, 3.63) is 68.6 Å². The van der Waals surface area contributed by atoms with E-state index < -0.39 is 0 Å². The van der Waals surface area contributed by atoms with E-state index in [1.165, 1.54) is 0 Å². The second-order valence-corrected chi connectivity index (χ2v) is 10.5. The van der Waals surface area contributed by atoms with E-state index in [0.717, 1.165) is 31.2 Å². The first kappa shape index (κ1) is 20.9. The van der Waals surface area contributed by atoms with Gasteiger partial charge in [0.1, 0.15) is 6.61 Å². The highest BCUT2D eigenvalue weighted by atomic mass is 79.9. The fourth-order valence-corrected chi connectivity index (χ4v) is 4.28. The first-order chi connectivity index (χ1) is 13.3. The van der Waals surface area contributed by atoms with Gasteiger partial charge in [0.25, 0.3) is 0 Å². The summed E-state index contributed by atoms with van der Waals surface area (Å²) in [5, 5.41) is 0. The van der Waals surface area contributed by atoms with Gasteiger partial charge in [0.15, 0.2) is 0 Å². The number of benzene rings is 2. The Morgan fingerprint density at radius 3 is 2.50 bits per heavy atom. The van der Waals surface area contributed by atoms with Crippen LogP contribution in [0.25, 0.3) is 11.1 Å². The van der Waals surface area contributed by atoms with E-state index in [1.54, 1.807) is 0 Å². The molecule has 0 heterocycles. The third-order valence-corrected chi connectivity index (χ3v) is 6.18. The van der Waals surface area contributed by atoms with Crippen LogP contribution in [0.4, 0.5) is 0 Å². The molecule has 28 heavy (non-hydrogen) atoms. The zero-order valence-corrected chi connectivity index (χ0v) is 19.3. The van der Waals surface area contributed by atoms with Gasteiger partial charge in [-0.2, -0.15) is 0 Å². The number of hydrogen-bond acceptors (Lipinski definition) is 2. The van der Waals surface area contributed by atoms with Crippen LogP contribution < -0.4 is 0 Å². The molecule has 0 spiro atoms. The van der Waals surface area contributed by atoms with Crippen molar-refractivity contribution >= 4 is 37.8 Å². The number of halogens is 2. The Morgan fingerprint density at radius 2 is 1.89 bits per heavy atom. The Labute approximate surface area is 183 Å². The molecule has 0 bridgehead atoms. The number of rotatable bonds is 5. The zero-order valence-electron chi connectivity index (χ0n) is 16.1. The van der Waals surface area contributed by atoms with Crippen molar-refractivity contribution in [2.75, 3.05) is 0 Å². The Morgan fingerprint density at radius 1 is 1.21 bits per heavy atom. The molecule has 2 aromatic carbocycles. The van der Waals surface area contributed by atoms with Crippen molar-refractivity contribution in [2.45, 2.75) is 27.4 Å². The number of carbonyl (C=O) groups excluding carboxylic acids is 1. The number of terminal acetylenes is 1. The third-order valence-electron chi connectivity index (χ3n) is 5.65. The fraction of sp³-hybridized carbons (Fsp3) is 0.292. The van der Waals surface area contributed by atoms with Gasteiger partial charge in [0.05, 0.1) is 9.31 Å². The highest BCUT2D eigenvalue weighted by Gasteiger charge is 2.61. The number of carbonyl (C=O) groups is 1. The van der Waals surface area contributed by atoms with Gasteiger partial charge in [-0.25, -0.2) is 0 Å². The van der Waals surface area contributed by atoms with Crippen LogP contribution in [0.15, 0.2) is 51.9 Å². The monoisotopic (exact) mass is 500 g/mol. The molecule has 2 nitrogen and oxygen atoms in total. The summed E-state index contributed by atoms with van der Waals surface area (Å²) in [6.07, 6.45) is 7.46. The number of esters is 1. The summed E-state index contributed by atoms with van der Waals surface area (Å²) < 4.78 is 6.55. The minimum Gasteiger partial charge on any atom is -0.461 e. The van der Waals surface area contributed by atoms with Crippen molar-refractivity contribution in [1.82, 2.24) is 0 Å². The molecule has 1 fully saturated rings. The predicted octanol–water partition coefficient (Wildman–Crippen LogP) is 6.59. The maximum Gasteiger partial charge on any atom is 0.310 e. The second-order valence-electron chi connectivity index (χ2n) is 7.70. The molecule has 1 saturated carbocycles. The maximum atomic E-state index is 12.6. The van der Waals surface area contributed by atoms with Crippen LogP contribution in [0.3, 0.4) is 0 Å². The lowest BCUT2D eigenvalue weighted by atomic mass is 9.96. The predicted molar refractivity (Wildman–Crippen MR) is 121 cm³/mol. The number of allylic oxidation sites excluding steroid dienone is 1. The zero-order chi connectivity index (χ0) is 20.5. The van der Waals surface area contributed by atoms with Gasteiger partial charge < -0.3 is 4.74 Å². The average Bonchev–Trinajstić information content (AvgIpc) is 3.20. The van der Waals surface area contributed by atoms with Gasteiger partial charge >= 0.3 is 5.97 Å². The van der Waals surface area contributed by atoms with Crippen molar-refractivity contribution in [2.24, 2.45) is 17.3 Å². The molecule has 0 aliphatic heterocycles. The summed E-state index contributed by atoms with van der Waals surface area (Å²) in [7, 11) is 0. The Balaban J connectivity index is 1.73. The van der Waals surface area contributed by atoms with Crippen LogP contribution in [0, 0.1) is 36.5 Å². The molecule has 0 unspecified atom stereocenters. The van der Waals surface area contributed by atoms with Gasteiger partial charge in [0.2, 0.25) is 0 Å². The van der Waals surface area contributed by atoms with E-state index in [4.69, 9.17) is 11.2 Å². The highest BCUT2D eigenvalue weighted by molar-refractivity contribution is 9.28. The van der Waals surface area contributed by atoms with Gasteiger partial charge in [-0.15, -0.1) is 6.42 Å². The molecule has 1 aliphatic carbocycles. The SMILES string of the molecule is C#Cc1ccc(-c2cccc(COC(=O)[C@@H]3[C@H](C=C(Br)Br)C3(C)C)c2C)cc1. The molecule has 2 atom stereocenters. The van der Waals surface area contributed by atoms with Crippen LogP contribution in [-0.4, -0.2) is 5.97 Å². The van der Waals surface area contributed by atoms with E-state index in [9.17, 15) is 4.79 Å². The second kappa shape index (κ2) is 8.27.